The molecule has 0 aliphatic carbocycles. The molecule has 94 valence electrons. The van der Waals surface area contributed by atoms with Gasteiger partial charge in [-0.25, -0.2) is 4.98 Å². The number of pyridine rings is 1. The van der Waals surface area contributed by atoms with Gasteiger partial charge in [-0.2, -0.15) is 0 Å². The lowest BCUT2D eigenvalue weighted by Gasteiger charge is -2.12. The van der Waals surface area contributed by atoms with Crippen molar-refractivity contribution in [1.29, 1.82) is 0 Å². The van der Waals surface area contributed by atoms with Gasteiger partial charge in [0, 0.05) is 22.2 Å². The molecular weight excluding hydrogens is 288 g/mol. The van der Waals surface area contributed by atoms with Crippen LogP contribution in [0.25, 0.3) is 0 Å². The highest BCUT2D eigenvalue weighted by molar-refractivity contribution is 9.10. The smallest absolute Gasteiger partial charge is 0.185 e. The summed E-state index contributed by atoms with van der Waals surface area (Å²) in [7, 11) is 2.24. The molecule has 2 aromatic rings. The van der Waals surface area contributed by atoms with Crippen molar-refractivity contribution < 1.29 is 9.88 Å². The van der Waals surface area contributed by atoms with E-state index in [0.29, 0.717) is 0 Å². The van der Waals surface area contributed by atoms with Crippen LogP contribution in [-0.2, 0) is 13.0 Å². The molecule has 1 aromatic heterocycles. The molecule has 0 fully saturated rings. The molecule has 0 saturated heterocycles. The zero-order valence-corrected chi connectivity index (χ0v) is 12.2. The number of aromatic amines is 1. The number of halogens is 1. The van der Waals surface area contributed by atoms with Crippen molar-refractivity contribution in [2.75, 3.05) is 13.6 Å². The predicted octanol–water partition coefficient (Wildman–Crippen LogP) is 1.52. The van der Waals surface area contributed by atoms with E-state index < -0.39 is 0 Å². The second-order valence-corrected chi connectivity index (χ2v) is 5.56. The maximum Gasteiger partial charge on any atom is 0.185 e. The van der Waals surface area contributed by atoms with Crippen LogP contribution in [0.2, 0.25) is 0 Å². The van der Waals surface area contributed by atoms with Crippen molar-refractivity contribution in [1.82, 2.24) is 0 Å². The molecule has 0 spiro atoms. The number of rotatable bonds is 5. The maximum atomic E-state index is 3.46. The van der Waals surface area contributed by atoms with Gasteiger partial charge in [0.05, 0.1) is 20.0 Å². The molecule has 1 aromatic carbocycles. The second-order valence-electron chi connectivity index (χ2n) is 4.65. The molecule has 0 amide bonds. The van der Waals surface area contributed by atoms with Crippen molar-refractivity contribution in [3.05, 3.63) is 64.4 Å². The predicted molar refractivity (Wildman–Crippen MR) is 76.3 cm³/mol. The highest BCUT2D eigenvalue weighted by Gasteiger charge is 2.07. The Balaban J connectivity index is 1.82. The summed E-state index contributed by atoms with van der Waals surface area (Å²) in [4.78, 5) is 4.80. The Bertz CT molecular complexity index is 468. The Morgan fingerprint density at radius 3 is 2.56 bits per heavy atom. The number of aromatic nitrogens is 1. The van der Waals surface area contributed by atoms with E-state index in [1.807, 2.05) is 12.3 Å². The second kappa shape index (κ2) is 6.66. The Morgan fingerprint density at radius 1 is 1.11 bits per heavy atom. The average molecular weight is 307 g/mol. The first kappa shape index (κ1) is 13.2. The van der Waals surface area contributed by atoms with Crippen LogP contribution in [0.5, 0.6) is 0 Å². The summed E-state index contributed by atoms with van der Waals surface area (Å²) in [6.07, 6.45) is 3.07. The average Bonchev–Trinajstić information content (AvgIpc) is 2.40. The summed E-state index contributed by atoms with van der Waals surface area (Å²) >= 11 is 3.46. The Labute approximate surface area is 117 Å². The first-order valence-corrected chi connectivity index (χ1v) is 7.04. The van der Waals surface area contributed by atoms with Crippen molar-refractivity contribution in [2.45, 2.75) is 13.0 Å². The first-order chi connectivity index (χ1) is 8.74. The Morgan fingerprint density at radius 2 is 1.89 bits per heavy atom. The minimum absolute atomic E-state index is 1.07. The van der Waals surface area contributed by atoms with Gasteiger partial charge in [-0.05, 0) is 12.1 Å². The lowest BCUT2D eigenvalue weighted by Crippen LogP contribution is -3.07. The number of hydrogen-bond donors (Lipinski definition) is 1. The lowest BCUT2D eigenvalue weighted by molar-refractivity contribution is -0.893. The van der Waals surface area contributed by atoms with E-state index in [2.05, 4.69) is 64.4 Å². The van der Waals surface area contributed by atoms with Gasteiger partial charge in [-0.15, -0.1) is 0 Å². The van der Waals surface area contributed by atoms with Crippen LogP contribution in [0, 0.1) is 0 Å². The molecule has 0 bridgehead atoms. The van der Waals surface area contributed by atoms with Gasteiger partial charge in [0.2, 0.25) is 0 Å². The zero-order valence-electron chi connectivity index (χ0n) is 10.6. The molecule has 2 rings (SSSR count). The van der Waals surface area contributed by atoms with Crippen LogP contribution < -0.4 is 9.88 Å². The number of H-pyrrole nitrogens is 1. The number of likely N-dealkylation sites (N-methyl/N-ethyl adjacent to an activating group) is 1. The Kier molecular flexibility index (Phi) is 4.90. The molecule has 2 nitrogen and oxygen atoms in total. The normalized spacial score (nSPS) is 12.3. The number of nitrogens with one attached hydrogen (secondary N) is 2. The molecule has 1 unspecified atom stereocenters. The minimum Gasteiger partial charge on any atom is -0.333 e. The summed E-state index contributed by atoms with van der Waals surface area (Å²) < 4.78 is 1.14. The fraction of sp³-hybridized carbons (Fsp3) is 0.267. The quantitative estimate of drug-likeness (QED) is 0.864. The highest BCUT2D eigenvalue weighted by Crippen LogP contribution is 2.09. The molecule has 0 radical (unpaired) electrons. The number of quaternary nitrogens is 1. The topological polar surface area (TPSA) is 18.6 Å². The summed E-state index contributed by atoms with van der Waals surface area (Å²) in [6.45, 7) is 2.21. The van der Waals surface area contributed by atoms with Gasteiger partial charge >= 0.3 is 0 Å². The zero-order chi connectivity index (χ0) is 12.8. The molecule has 3 heteroatoms. The third-order valence-electron chi connectivity index (χ3n) is 3.01. The summed E-state index contributed by atoms with van der Waals surface area (Å²) in [5.74, 6) is 0. The SMILES string of the molecule is C[NH+](CCc1cccc[nH+]1)Cc1ccc(Br)cc1. The molecule has 1 heterocycles. The molecular formula is C15H19BrN2+2. The lowest BCUT2D eigenvalue weighted by atomic mass is 10.2. The molecule has 1 atom stereocenters. The van der Waals surface area contributed by atoms with Crippen molar-refractivity contribution in [3.63, 3.8) is 0 Å². The first-order valence-electron chi connectivity index (χ1n) is 6.25. The summed E-state index contributed by atoms with van der Waals surface area (Å²) in [6, 6.07) is 14.8. The molecule has 2 N–H and O–H groups in total. The van der Waals surface area contributed by atoms with Crippen LogP contribution in [-0.4, -0.2) is 13.6 Å². The standard InChI is InChI=1S/C15H17BrN2/c1-18(11-9-15-4-2-3-10-17-15)12-13-5-7-14(16)8-6-13/h2-8,10H,9,11-12H2,1H3/p+2. The van der Waals surface area contributed by atoms with E-state index >= 15 is 0 Å². The van der Waals surface area contributed by atoms with Gasteiger partial charge in [-0.1, -0.05) is 34.1 Å². The third kappa shape index (κ3) is 4.24. The van der Waals surface area contributed by atoms with E-state index in [1.165, 1.54) is 16.2 Å². The van der Waals surface area contributed by atoms with Crippen LogP contribution >= 0.6 is 15.9 Å². The van der Waals surface area contributed by atoms with E-state index in [0.717, 1.165) is 24.0 Å². The van der Waals surface area contributed by atoms with Crippen LogP contribution in [0.15, 0.2) is 53.1 Å². The van der Waals surface area contributed by atoms with Crippen molar-refractivity contribution in [2.24, 2.45) is 0 Å². The van der Waals surface area contributed by atoms with Gasteiger partial charge in [-0.3, -0.25) is 0 Å². The molecule has 0 aliphatic heterocycles. The van der Waals surface area contributed by atoms with Crippen molar-refractivity contribution in [3.8, 4) is 0 Å². The fourth-order valence-electron chi connectivity index (χ4n) is 1.97. The van der Waals surface area contributed by atoms with Gasteiger partial charge in [0.15, 0.2) is 11.9 Å². The van der Waals surface area contributed by atoms with Crippen LogP contribution in [0.3, 0.4) is 0 Å². The largest absolute Gasteiger partial charge is 0.333 e. The fourth-order valence-corrected chi connectivity index (χ4v) is 2.24. The third-order valence-corrected chi connectivity index (χ3v) is 3.54. The van der Waals surface area contributed by atoms with Crippen molar-refractivity contribution >= 4 is 15.9 Å². The van der Waals surface area contributed by atoms with E-state index in [-0.39, 0.29) is 0 Å². The molecule has 0 saturated carbocycles. The van der Waals surface area contributed by atoms with E-state index in [4.69, 9.17) is 0 Å². The number of hydrogen-bond acceptors (Lipinski definition) is 0. The minimum atomic E-state index is 1.07. The summed E-state index contributed by atoms with van der Waals surface area (Å²) in [5.41, 5.74) is 2.68. The van der Waals surface area contributed by atoms with Gasteiger partial charge < -0.3 is 4.90 Å². The molecule has 18 heavy (non-hydrogen) atoms. The van der Waals surface area contributed by atoms with E-state index in [1.54, 1.807) is 0 Å². The van der Waals surface area contributed by atoms with Gasteiger partial charge in [0.25, 0.3) is 0 Å². The van der Waals surface area contributed by atoms with Crippen LogP contribution in [0.1, 0.15) is 11.3 Å². The number of benzene rings is 1. The molecule has 0 aliphatic rings. The highest BCUT2D eigenvalue weighted by atomic mass is 79.9. The summed E-state index contributed by atoms with van der Waals surface area (Å²) in [5, 5.41) is 0. The van der Waals surface area contributed by atoms with E-state index in [9.17, 15) is 0 Å². The van der Waals surface area contributed by atoms with Crippen LogP contribution in [0.4, 0.5) is 0 Å². The monoisotopic (exact) mass is 306 g/mol. The maximum absolute atomic E-state index is 3.46. The van der Waals surface area contributed by atoms with Gasteiger partial charge in [0.1, 0.15) is 6.54 Å². The Hall–Kier alpha value is -1.19.